The van der Waals surface area contributed by atoms with Crippen LogP contribution in [0.15, 0.2) is 33.5 Å². The van der Waals surface area contributed by atoms with E-state index in [0.717, 1.165) is 25.7 Å². The first-order valence-electron chi connectivity index (χ1n) is 9.35. The first kappa shape index (κ1) is 17.0. The van der Waals surface area contributed by atoms with Gasteiger partial charge in [-0.2, -0.15) is 0 Å². The van der Waals surface area contributed by atoms with Crippen LogP contribution in [0.4, 0.5) is 0 Å². The number of hydrogen-bond donors (Lipinski definition) is 1. The lowest BCUT2D eigenvalue weighted by atomic mass is 9.89. The summed E-state index contributed by atoms with van der Waals surface area (Å²) in [6.07, 6.45) is 8.10. The first-order valence-corrected chi connectivity index (χ1v) is 9.35. The minimum absolute atomic E-state index is 1.07. The quantitative estimate of drug-likeness (QED) is 0.684. The van der Waals surface area contributed by atoms with Gasteiger partial charge in [-0.15, -0.1) is 0 Å². The van der Waals surface area contributed by atoms with Crippen molar-refractivity contribution in [1.29, 1.82) is 0 Å². The molecule has 0 spiro atoms. The zero-order chi connectivity index (χ0) is 17.4. The van der Waals surface area contributed by atoms with Crippen molar-refractivity contribution in [2.45, 2.75) is 73.6 Å². The Bertz CT molecular complexity index is 794. The van der Waals surface area contributed by atoms with Crippen LogP contribution in [-0.4, -0.2) is 10.7 Å². The summed E-state index contributed by atoms with van der Waals surface area (Å²) in [5, 5.41) is 0. The Balaban J connectivity index is 2.08. The summed E-state index contributed by atoms with van der Waals surface area (Å²) < 4.78 is 0. The van der Waals surface area contributed by atoms with E-state index < -0.39 is 0 Å². The molecule has 0 bridgehead atoms. The topological polar surface area (TPSA) is 28.1 Å². The number of aromatic amines is 1. The molecule has 1 aliphatic carbocycles. The van der Waals surface area contributed by atoms with E-state index in [9.17, 15) is 0 Å². The largest absolute Gasteiger partial charge is 0.358 e. The summed E-state index contributed by atoms with van der Waals surface area (Å²) in [6.45, 7) is 13.3. The van der Waals surface area contributed by atoms with Crippen molar-refractivity contribution in [2.75, 3.05) is 0 Å². The molecule has 128 valence electrons. The predicted molar refractivity (Wildman–Crippen MR) is 105 cm³/mol. The van der Waals surface area contributed by atoms with Gasteiger partial charge >= 0.3 is 0 Å². The molecule has 0 radical (unpaired) electrons. The lowest BCUT2D eigenvalue weighted by Gasteiger charge is -2.17. The number of rotatable bonds is 3. The van der Waals surface area contributed by atoms with Gasteiger partial charge in [-0.25, -0.2) is 0 Å². The van der Waals surface area contributed by atoms with Crippen molar-refractivity contribution in [3.05, 3.63) is 51.0 Å². The molecule has 0 atom stereocenters. The molecular weight excluding hydrogens is 292 g/mol. The van der Waals surface area contributed by atoms with Crippen molar-refractivity contribution in [3.63, 3.8) is 0 Å². The molecule has 0 amide bonds. The molecule has 24 heavy (non-hydrogen) atoms. The van der Waals surface area contributed by atoms with Crippen molar-refractivity contribution in [2.24, 2.45) is 4.99 Å². The Labute approximate surface area is 146 Å². The second-order valence-electron chi connectivity index (χ2n) is 7.13. The van der Waals surface area contributed by atoms with Gasteiger partial charge in [0, 0.05) is 17.1 Å². The number of hydrogen-bond acceptors (Lipinski definition) is 1. The van der Waals surface area contributed by atoms with Crippen LogP contribution in [-0.2, 0) is 6.42 Å². The zero-order valence-corrected chi connectivity index (χ0v) is 16.1. The van der Waals surface area contributed by atoms with E-state index in [4.69, 9.17) is 4.99 Å². The highest BCUT2D eigenvalue weighted by Gasteiger charge is 2.22. The standard InChI is InChI=1S/C22H30N2/c1-7-19-13(3)21(23-15(19)5)17-10-9-11-18(12-17)22-14(4)20(8-2)16(6)24-22/h12,23H,7-11H2,1-6H3/b22-18-. The molecule has 1 aromatic heterocycles. The van der Waals surface area contributed by atoms with E-state index in [1.54, 1.807) is 0 Å². The monoisotopic (exact) mass is 322 g/mol. The molecular formula is C22H30N2. The average Bonchev–Trinajstić information content (AvgIpc) is 3.03. The van der Waals surface area contributed by atoms with Crippen molar-refractivity contribution in [3.8, 4) is 0 Å². The van der Waals surface area contributed by atoms with Gasteiger partial charge in [0.2, 0.25) is 0 Å². The summed E-state index contributed by atoms with van der Waals surface area (Å²) in [4.78, 5) is 8.55. The second kappa shape index (κ2) is 6.58. The van der Waals surface area contributed by atoms with Crippen LogP contribution in [0.25, 0.3) is 5.57 Å². The maximum atomic E-state index is 4.90. The van der Waals surface area contributed by atoms with E-state index in [0.29, 0.717) is 0 Å². The molecule has 2 heteroatoms. The van der Waals surface area contributed by atoms with E-state index in [2.05, 4.69) is 52.6 Å². The minimum atomic E-state index is 1.07. The molecule has 0 saturated heterocycles. The summed E-state index contributed by atoms with van der Waals surface area (Å²) in [7, 11) is 0. The number of nitrogens with zero attached hydrogens (tertiary/aromatic N) is 1. The Hall–Kier alpha value is -1.83. The van der Waals surface area contributed by atoms with Crippen LogP contribution in [0.3, 0.4) is 0 Å². The van der Waals surface area contributed by atoms with E-state index in [1.807, 2.05) is 0 Å². The Morgan fingerprint density at radius 2 is 1.79 bits per heavy atom. The highest BCUT2D eigenvalue weighted by molar-refractivity contribution is 6.03. The molecule has 1 aliphatic heterocycles. The molecule has 2 aliphatic rings. The summed E-state index contributed by atoms with van der Waals surface area (Å²) in [6, 6.07) is 0. The average molecular weight is 322 g/mol. The van der Waals surface area contributed by atoms with Crippen LogP contribution >= 0.6 is 0 Å². The third-order valence-electron chi connectivity index (χ3n) is 5.69. The molecule has 0 aromatic carbocycles. The third kappa shape index (κ3) is 2.72. The third-order valence-corrected chi connectivity index (χ3v) is 5.69. The fraction of sp³-hybridized carbons (Fsp3) is 0.500. The maximum absolute atomic E-state index is 4.90. The van der Waals surface area contributed by atoms with Gasteiger partial charge in [-0.1, -0.05) is 19.9 Å². The normalized spacial score (nSPS) is 21.4. The molecule has 1 aromatic rings. The molecule has 3 rings (SSSR count). The molecule has 1 N–H and O–H groups in total. The fourth-order valence-corrected chi connectivity index (χ4v) is 4.42. The van der Waals surface area contributed by atoms with Gasteiger partial charge in [0.1, 0.15) is 0 Å². The highest BCUT2D eigenvalue weighted by atomic mass is 14.8. The van der Waals surface area contributed by atoms with Gasteiger partial charge < -0.3 is 4.98 Å². The first-order chi connectivity index (χ1) is 11.5. The van der Waals surface area contributed by atoms with Crippen LogP contribution in [0.5, 0.6) is 0 Å². The lowest BCUT2D eigenvalue weighted by Crippen LogP contribution is -1.99. The van der Waals surface area contributed by atoms with E-state index >= 15 is 0 Å². The minimum Gasteiger partial charge on any atom is -0.358 e. The van der Waals surface area contributed by atoms with Gasteiger partial charge in [-0.05, 0) is 93.2 Å². The molecule has 0 fully saturated rings. The Morgan fingerprint density at radius 3 is 2.38 bits per heavy atom. The summed E-state index contributed by atoms with van der Waals surface area (Å²) in [5.74, 6) is 0. The predicted octanol–water partition coefficient (Wildman–Crippen LogP) is 6.22. The van der Waals surface area contributed by atoms with Gasteiger partial charge in [-0.3, -0.25) is 4.99 Å². The molecule has 2 nitrogen and oxygen atoms in total. The van der Waals surface area contributed by atoms with Gasteiger partial charge in [0.15, 0.2) is 0 Å². The van der Waals surface area contributed by atoms with Gasteiger partial charge in [0.25, 0.3) is 0 Å². The number of aryl methyl sites for hydroxylation is 1. The summed E-state index contributed by atoms with van der Waals surface area (Å²) in [5.41, 5.74) is 13.7. The number of H-pyrrole nitrogens is 1. The van der Waals surface area contributed by atoms with Gasteiger partial charge in [0.05, 0.1) is 5.70 Å². The molecule has 0 unspecified atom stereocenters. The Morgan fingerprint density at radius 1 is 1.04 bits per heavy atom. The molecule has 0 saturated carbocycles. The SMILES string of the molecule is CCC1=C(C)/C(=C2/C=C(c3[nH]c(C)c(CC)c3C)CCC2)N=C1C. The van der Waals surface area contributed by atoms with Crippen LogP contribution < -0.4 is 0 Å². The number of aliphatic imine (C=N–C) groups is 1. The maximum Gasteiger partial charge on any atom is 0.0697 e. The number of nitrogens with one attached hydrogen (secondary N) is 1. The Kier molecular flexibility index (Phi) is 4.67. The lowest BCUT2D eigenvalue weighted by molar-refractivity contribution is 0.822. The zero-order valence-electron chi connectivity index (χ0n) is 16.1. The number of aromatic nitrogens is 1. The molecule has 2 heterocycles. The summed E-state index contributed by atoms with van der Waals surface area (Å²) >= 11 is 0. The second-order valence-corrected chi connectivity index (χ2v) is 7.13. The van der Waals surface area contributed by atoms with Crippen LogP contribution in [0.1, 0.15) is 75.9 Å². The van der Waals surface area contributed by atoms with E-state index in [-0.39, 0.29) is 0 Å². The fourth-order valence-electron chi connectivity index (χ4n) is 4.42. The number of allylic oxidation sites excluding steroid dienone is 5. The van der Waals surface area contributed by atoms with Crippen molar-refractivity contribution >= 4 is 11.3 Å². The van der Waals surface area contributed by atoms with Crippen LogP contribution in [0.2, 0.25) is 0 Å². The van der Waals surface area contributed by atoms with E-state index in [1.165, 1.54) is 62.6 Å². The van der Waals surface area contributed by atoms with Crippen molar-refractivity contribution < 1.29 is 0 Å². The smallest absolute Gasteiger partial charge is 0.0697 e. The highest BCUT2D eigenvalue weighted by Crippen LogP contribution is 2.38. The van der Waals surface area contributed by atoms with Crippen molar-refractivity contribution in [1.82, 2.24) is 4.98 Å². The van der Waals surface area contributed by atoms with Crippen LogP contribution in [0, 0.1) is 13.8 Å².